The van der Waals surface area contributed by atoms with E-state index in [0.29, 0.717) is 0 Å². The molecule has 1 heterocycles. The molecule has 5 nitrogen and oxygen atoms in total. The molecule has 0 aromatic carbocycles. The van der Waals surface area contributed by atoms with Crippen LogP contribution in [0.5, 0.6) is 0 Å². The first-order valence-electron chi connectivity index (χ1n) is 3.67. The van der Waals surface area contributed by atoms with E-state index in [1.165, 1.54) is 12.5 Å². The van der Waals surface area contributed by atoms with Gasteiger partial charge < -0.3 is 9.47 Å². The standard InChI is InChI=1S/C7H9NO4S/c8-2-6-13(9,10)5-1-7-11-3-4-12-7/h3-4,7H,1,5-6H2. The van der Waals surface area contributed by atoms with Gasteiger partial charge in [0.05, 0.1) is 11.8 Å². The van der Waals surface area contributed by atoms with Crippen LogP contribution >= 0.6 is 0 Å². The topological polar surface area (TPSA) is 76.4 Å². The first-order valence-corrected chi connectivity index (χ1v) is 5.49. The molecule has 1 aliphatic rings. The molecule has 0 fully saturated rings. The van der Waals surface area contributed by atoms with E-state index in [-0.39, 0.29) is 12.2 Å². The fourth-order valence-corrected chi connectivity index (χ4v) is 1.75. The Balaban J connectivity index is 2.30. The summed E-state index contributed by atoms with van der Waals surface area (Å²) in [5.41, 5.74) is 0. The molecule has 13 heavy (non-hydrogen) atoms. The molecule has 0 unspecified atom stereocenters. The SMILES string of the molecule is N#CCS(=O)(=O)CCC1OC=CO1. The molecule has 0 N–H and O–H groups in total. The summed E-state index contributed by atoms with van der Waals surface area (Å²) in [6.07, 6.45) is 2.45. The fraction of sp³-hybridized carbons (Fsp3) is 0.571. The minimum Gasteiger partial charge on any atom is -0.459 e. The predicted molar refractivity (Wildman–Crippen MR) is 44.0 cm³/mol. The van der Waals surface area contributed by atoms with Crippen molar-refractivity contribution in [3.05, 3.63) is 12.5 Å². The molecule has 1 rings (SSSR count). The highest BCUT2D eigenvalue weighted by molar-refractivity contribution is 7.91. The van der Waals surface area contributed by atoms with E-state index in [9.17, 15) is 8.42 Å². The number of hydrogen-bond acceptors (Lipinski definition) is 5. The molecule has 0 aliphatic carbocycles. The number of hydrogen-bond donors (Lipinski definition) is 0. The predicted octanol–water partition coefficient (Wildman–Crippen LogP) is 0.159. The van der Waals surface area contributed by atoms with Crippen molar-refractivity contribution >= 4 is 9.84 Å². The summed E-state index contributed by atoms with van der Waals surface area (Å²) in [5.74, 6) is -0.542. The van der Waals surface area contributed by atoms with Crippen LogP contribution in [0, 0.1) is 11.3 Å². The quantitative estimate of drug-likeness (QED) is 0.650. The van der Waals surface area contributed by atoms with Gasteiger partial charge in [0.25, 0.3) is 0 Å². The zero-order valence-electron chi connectivity index (χ0n) is 6.84. The number of nitriles is 1. The van der Waals surface area contributed by atoms with Crippen molar-refractivity contribution in [1.82, 2.24) is 0 Å². The van der Waals surface area contributed by atoms with Crippen LogP contribution in [0.2, 0.25) is 0 Å². The highest BCUT2D eigenvalue weighted by atomic mass is 32.2. The van der Waals surface area contributed by atoms with Crippen LogP contribution in [0.25, 0.3) is 0 Å². The van der Waals surface area contributed by atoms with Crippen LogP contribution in [0.4, 0.5) is 0 Å². The molecule has 0 saturated heterocycles. The van der Waals surface area contributed by atoms with Gasteiger partial charge in [-0.3, -0.25) is 0 Å². The van der Waals surface area contributed by atoms with Crippen LogP contribution in [0.3, 0.4) is 0 Å². The maximum atomic E-state index is 11.0. The van der Waals surface area contributed by atoms with Crippen molar-refractivity contribution in [2.45, 2.75) is 12.7 Å². The van der Waals surface area contributed by atoms with Gasteiger partial charge in [-0.05, 0) is 0 Å². The van der Waals surface area contributed by atoms with E-state index >= 15 is 0 Å². The van der Waals surface area contributed by atoms with Gasteiger partial charge in [0.15, 0.2) is 9.84 Å². The van der Waals surface area contributed by atoms with Crippen molar-refractivity contribution in [1.29, 1.82) is 5.26 Å². The molecule has 0 aromatic heterocycles. The minimum atomic E-state index is -3.27. The van der Waals surface area contributed by atoms with Gasteiger partial charge in [0.2, 0.25) is 6.29 Å². The summed E-state index contributed by atoms with van der Waals surface area (Å²) in [7, 11) is -3.27. The van der Waals surface area contributed by atoms with Crippen molar-refractivity contribution in [2.75, 3.05) is 11.5 Å². The largest absolute Gasteiger partial charge is 0.459 e. The summed E-state index contributed by atoms with van der Waals surface area (Å²) in [5, 5.41) is 8.19. The molecule has 0 amide bonds. The third kappa shape index (κ3) is 3.34. The number of rotatable bonds is 4. The van der Waals surface area contributed by atoms with E-state index in [1.807, 2.05) is 0 Å². The van der Waals surface area contributed by atoms with Crippen molar-refractivity contribution in [2.24, 2.45) is 0 Å². The van der Waals surface area contributed by atoms with E-state index < -0.39 is 21.9 Å². The third-order valence-electron chi connectivity index (χ3n) is 1.47. The van der Waals surface area contributed by atoms with E-state index in [2.05, 4.69) is 0 Å². The second-order valence-corrected chi connectivity index (χ2v) is 4.70. The zero-order chi connectivity index (χ0) is 9.73. The van der Waals surface area contributed by atoms with E-state index in [1.54, 1.807) is 6.07 Å². The third-order valence-corrected chi connectivity index (χ3v) is 2.89. The smallest absolute Gasteiger partial charge is 0.240 e. The molecule has 0 atom stereocenters. The average Bonchev–Trinajstić information content (AvgIpc) is 2.52. The summed E-state index contributed by atoms with van der Waals surface area (Å²) in [6.45, 7) is 0. The Kier molecular flexibility index (Phi) is 3.14. The molecular formula is C7H9NO4S. The average molecular weight is 203 g/mol. The number of sulfone groups is 1. The lowest BCUT2D eigenvalue weighted by Crippen LogP contribution is -2.17. The molecule has 0 radical (unpaired) electrons. The first kappa shape index (κ1) is 9.86. The fourth-order valence-electron chi connectivity index (χ4n) is 0.854. The van der Waals surface area contributed by atoms with Gasteiger partial charge >= 0.3 is 0 Å². The Morgan fingerprint density at radius 1 is 1.38 bits per heavy atom. The van der Waals surface area contributed by atoms with Gasteiger partial charge in [0, 0.05) is 6.42 Å². The molecule has 0 aromatic rings. The van der Waals surface area contributed by atoms with Crippen LogP contribution in [-0.2, 0) is 19.3 Å². The number of ether oxygens (including phenoxy) is 2. The second-order valence-electron chi connectivity index (χ2n) is 2.51. The summed E-state index contributed by atoms with van der Waals surface area (Å²) in [6, 6.07) is 1.60. The lowest BCUT2D eigenvalue weighted by atomic mass is 10.5. The Morgan fingerprint density at radius 3 is 2.54 bits per heavy atom. The van der Waals surface area contributed by atoms with Crippen LogP contribution in [0.1, 0.15) is 6.42 Å². The van der Waals surface area contributed by atoms with Crippen LogP contribution in [-0.4, -0.2) is 26.2 Å². The summed E-state index contributed by atoms with van der Waals surface area (Å²) in [4.78, 5) is 0. The van der Waals surface area contributed by atoms with Crippen molar-refractivity contribution in [3.63, 3.8) is 0 Å². The summed E-state index contributed by atoms with van der Waals surface area (Å²) < 4.78 is 31.8. The van der Waals surface area contributed by atoms with Gasteiger partial charge in [-0.15, -0.1) is 0 Å². The van der Waals surface area contributed by atoms with Crippen LogP contribution in [0.15, 0.2) is 12.5 Å². The Hall–Kier alpha value is -1.22. The zero-order valence-corrected chi connectivity index (χ0v) is 7.66. The van der Waals surface area contributed by atoms with Crippen LogP contribution < -0.4 is 0 Å². The molecule has 0 spiro atoms. The van der Waals surface area contributed by atoms with E-state index in [0.717, 1.165) is 0 Å². The molecule has 72 valence electrons. The molecule has 1 aliphatic heterocycles. The van der Waals surface area contributed by atoms with Gasteiger partial charge in [0.1, 0.15) is 18.3 Å². The lowest BCUT2D eigenvalue weighted by molar-refractivity contribution is -0.0235. The monoisotopic (exact) mass is 203 g/mol. The number of nitrogens with zero attached hydrogens (tertiary/aromatic N) is 1. The maximum Gasteiger partial charge on any atom is 0.240 e. The normalized spacial score (nSPS) is 16.2. The van der Waals surface area contributed by atoms with Crippen molar-refractivity contribution < 1.29 is 17.9 Å². The summed E-state index contributed by atoms with van der Waals surface area (Å²) >= 11 is 0. The molecule has 0 saturated carbocycles. The van der Waals surface area contributed by atoms with Gasteiger partial charge in [-0.25, -0.2) is 8.42 Å². The molecule has 0 bridgehead atoms. The Bertz CT molecular complexity index is 319. The Labute approximate surface area is 76.5 Å². The molecule has 6 heteroatoms. The van der Waals surface area contributed by atoms with Crippen molar-refractivity contribution in [3.8, 4) is 6.07 Å². The lowest BCUT2D eigenvalue weighted by Gasteiger charge is -2.08. The second kappa shape index (κ2) is 4.14. The van der Waals surface area contributed by atoms with Gasteiger partial charge in [-0.2, -0.15) is 5.26 Å². The highest BCUT2D eigenvalue weighted by Crippen LogP contribution is 2.10. The van der Waals surface area contributed by atoms with Gasteiger partial charge in [-0.1, -0.05) is 0 Å². The minimum absolute atomic E-state index is 0.0904. The Morgan fingerprint density at radius 2 is 2.00 bits per heavy atom. The molecular weight excluding hydrogens is 194 g/mol. The first-order chi connectivity index (χ1) is 6.14. The highest BCUT2D eigenvalue weighted by Gasteiger charge is 2.17. The van der Waals surface area contributed by atoms with E-state index in [4.69, 9.17) is 14.7 Å². The maximum absolute atomic E-state index is 11.0.